The van der Waals surface area contributed by atoms with Crippen LogP contribution in [0, 0.1) is 63.2 Å². The molecule has 0 radical (unpaired) electrons. The Bertz CT molecular complexity index is 1380. The van der Waals surface area contributed by atoms with E-state index >= 15 is 0 Å². The van der Waals surface area contributed by atoms with E-state index in [1.54, 1.807) is 4.90 Å². The Morgan fingerprint density at radius 2 is 1.73 bits per heavy atom. The lowest BCUT2D eigenvalue weighted by atomic mass is 9.34. The topological polar surface area (TPSA) is 88.3 Å². The second kappa shape index (κ2) is 10.8. The van der Waals surface area contributed by atoms with Crippen LogP contribution in [-0.2, 0) is 14.3 Å². The Hall–Kier alpha value is -2.46. The minimum atomic E-state index is -0.681. The number of Topliss-reactive ketones (excluding diaryl/α,β-unsaturated/α-hetero) is 1. The van der Waals surface area contributed by atoms with Crippen LogP contribution in [0.25, 0.3) is 4.85 Å². The number of rotatable bonds is 4. The number of carbonyl (C=O) groups is 3. The lowest BCUT2D eigenvalue weighted by Crippen LogP contribution is -2.66. The van der Waals surface area contributed by atoms with Crippen LogP contribution in [0.3, 0.4) is 0 Å². The summed E-state index contributed by atoms with van der Waals surface area (Å²) in [4.78, 5) is 47.0. The first-order chi connectivity index (χ1) is 20.7. The molecule has 0 spiro atoms. The molecule has 5 aliphatic rings. The Kier molecular flexibility index (Phi) is 8.13. The van der Waals surface area contributed by atoms with Crippen LogP contribution in [0.5, 0.6) is 0 Å². The molecule has 0 aromatic carbocycles. The number of nitrogens with zero attached hydrogens (tertiary/aromatic N) is 2. The number of ketones is 2. The van der Waals surface area contributed by atoms with Gasteiger partial charge in [-0.15, -0.1) is 0 Å². The van der Waals surface area contributed by atoms with Crippen molar-refractivity contribution in [1.82, 2.24) is 4.90 Å². The summed E-state index contributed by atoms with van der Waals surface area (Å²) >= 11 is 0. The fourth-order valence-electron chi connectivity index (χ4n) is 11.3. The van der Waals surface area contributed by atoms with E-state index in [2.05, 4.69) is 39.5 Å². The number of hydrogen-bond donors (Lipinski definition) is 1. The monoisotopic (exact) mass is 620 g/mol. The van der Waals surface area contributed by atoms with Crippen LogP contribution in [0.15, 0.2) is 23.4 Å². The number of aliphatic hydroxyl groups excluding tert-OH is 1. The second-order valence-electron chi connectivity index (χ2n) is 17.6. The molecule has 7 heteroatoms. The van der Waals surface area contributed by atoms with Crippen LogP contribution >= 0.6 is 0 Å². The molecule has 5 rings (SSSR count). The Morgan fingerprint density at radius 3 is 2.33 bits per heavy atom. The number of aliphatic hydroxyl groups is 1. The number of ether oxygens (including phenoxy) is 1. The van der Waals surface area contributed by atoms with Crippen molar-refractivity contribution in [3.63, 3.8) is 0 Å². The van der Waals surface area contributed by atoms with E-state index in [4.69, 9.17) is 11.3 Å². The van der Waals surface area contributed by atoms with E-state index in [-0.39, 0.29) is 70.3 Å². The van der Waals surface area contributed by atoms with Crippen LogP contribution in [0.2, 0.25) is 0 Å². The maximum absolute atomic E-state index is 14.8. The third-order valence-corrected chi connectivity index (χ3v) is 13.9. The molecular weight excluding hydrogens is 564 g/mol. The van der Waals surface area contributed by atoms with Crippen molar-refractivity contribution in [3.05, 3.63) is 34.8 Å². The maximum Gasteiger partial charge on any atom is 0.410 e. The molecule has 0 aromatic rings. The highest BCUT2D eigenvalue weighted by molar-refractivity contribution is 6.03. The number of amides is 1. The molecule has 5 aliphatic carbocycles. The molecule has 248 valence electrons. The smallest absolute Gasteiger partial charge is 0.410 e. The predicted molar refractivity (Wildman–Crippen MR) is 175 cm³/mol. The van der Waals surface area contributed by atoms with Crippen molar-refractivity contribution in [3.8, 4) is 0 Å². The number of allylic oxidation sites excluding steroid dienone is 4. The van der Waals surface area contributed by atoms with Crippen molar-refractivity contribution >= 4 is 17.7 Å². The van der Waals surface area contributed by atoms with E-state index in [9.17, 15) is 19.5 Å². The summed E-state index contributed by atoms with van der Waals surface area (Å²) in [6.45, 7) is 29.4. The SMILES string of the molecule is [C-]#[N+]C1=C[C@]2(C)C3=CC(=O)[C@@H]4[C@@H]5[C@@H](C)[C@H](C)CC[C@]5(CN(CCO)C(=O)OC(C)(C)C)CC[C@@]4(C)[C@]3(C)CC[C@H]2C(C)(C)C1=O. The minimum absolute atomic E-state index is 0.0208. The van der Waals surface area contributed by atoms with Gasteiger partial charge in [-0.1, -0.05) is 60.1 Å². The number of hydrogen-bond acceptors (Lipinski definition) is 5. The van der Waals surface area contributed by atoms with Crippen molar-refractivity contribution in [2.24, 2.45) is 56.7 Å². The van der Waals surface area contributed by atoms with Crippen molar-refractivity contribution in [2.75, 3.05) is 19.7 Å². The average Bonchev–Trinajstić information content (AvgIpc) is 2.94. The van der Waals surface area contributed by atoms with Gasteiger partial charge in [-0.25, -0.2) is 9.64 Å². The van der Waals surface area contributed by atoms with Crippen molar-refractivity contribution < 1.29 is 24.2 Å². The third kappa shape index (κ3) is 4.86. The summed E-state index contributed by atoms with van der Waals surface area (Å²) in [5.41, 5.74) is -1.42. The van der Waals surface area contributed by atoms with Gasteiger partial charge in [0.1, 0.15) is 5.60 Å². The molecule has 3 saturated carbocycles. The molecule has 9 atom stereocenters. The highest BCUT2D eigenvalue weighted by Gasteiger charge is 2.70. The first-order valence-corrected chi connectivity index (χ1v) is 17.2. The van der Waals surface area contributed by atoms with Gasteiger partial charge in [0, 0.05) is 29.8 Å². The summed E-state index contributed by atoms with van der Waals surface area (Å²) in [7, 11) is 0. The van der Waals surface area contributed by atoms with Gasteiger partial charge in [-0.2, -0.15) is 0 Å². The standard InChI is InChI=1S/C38H56N2O5/c1-23-12-15-38(22-40(18-19-41)32(44)45-33(3,4)5)17-16-37(10)30(29(38)24(23)2)26(42)20-28-35(8)21-25(39-11)31(43)34(6,7)27(35)13-14-36(28,37)9/h20-21,23-24,27,29-30,41H,12-19,22H2,1-10H3/t23-,24+,27+,29+,30-,35+,36-,37-,38-/m1/s1. The second-order valence-corrected chi connectivity index (χ2v) is 17.6. The number of carbonyl (C=O) groups excluding carboxylic acids is 3. The van der Waals surface area contributed by atoms with E-state index in [1.165, 1.54) is 0 Å². The maximum atomic E-state index is 14.8. The Morgan fingerprint density at radius 1 is 1.07 bits per heavy atom. The molecule has 0 bridgehead atoms. The predicted octanol–water partition coefficient (Wildman–Crippen LogP) is 7.64. The Labute approximate surface area is 271 Å². The molecular formula is C38H56N2O5. The zero-order valence-corrected chi connectivity index (χ0v) is 29.4. The van der Waals surface area contributed by atoms with Gasteiger partial charge < -0.3 is 19.5 Å². The van der Waals surface area contributed by atoms with E-state index in [1.807, 2.05) is 46.8 Å². The average molecular weight is 621 g/mol. The molecule has 1 amide bonds. The van der Waals surface area contributed by atoms with Gasteiger partial charge in [0.15, 0.2) is 11.6 Å². The molecule has 7 nitrogen and oxygen atoms in total. The Balaban J connectivity index is 1.63. The van der Waals surface area contributed by atoms with Gasteiger partial charge in [0.2, 0.25) is 5.70 Å². The van der Waals surface area contributed by atoms with E-state index in [0.717, 1.165) is 44.1 Å². The zero-order valence-electron chi connectivity index (χ0n) is 29.4. The largest absolute Gasteiger partial charge is 0.444 e. The molecule has 0 aliphatic heterocycles. The minimum Gasteiger partial charge on any atom is -0.444 e. The van der Waals surface area contributed by atoms with Crippen LogP contribution in [-0.4, -0.2) is 53.0 Å². The van der Waals surface area contributed by atoms with Crippen molar-refractivity contribution in [1.29, 1.82) is 0 Å². The normalized spacial score (nSPS) is 42.1. The van der Waals surface area contributed by atoms with Gasteiger partial charge in [0.05, 0.1) is 13.2 Å². The van der Waals surface area contributed by atoms with Crippen LogP contribution in [0.4, 0.5) is 4.79 Å². The lowest BCUT2D eigenvalue weighted by Gasteiger charge is -2.70. The van der Waals surface area contributed by atoms with Gasteiger partial charge in [0.25, 0.3) is 0 Å². The molecule has 0 saturated heterocycles. The highest BCUT2D eigenvalue weighted by atomic mass is 16.6. The lowest BCUT2D eigenvalue weighted by molar-refractivity contribution is -0.179. The summed E-state index contributed by atoms with van der Waals surface area (Å²) < 4.78 is 5.81. The summed E-state index contributed by atoms with van der Waals surface area (Å²) in [6, 6.07) is 0. The number of fused-ring (bicyclic) bond motifs is 7. The van der Waals surface area contributed by atoms with Gasteiger partial charge in [-0.3, -0.25) is 4.79 Å². The summed E-state index contributed by atoms with van der Waals surface area (Å²) in [5, 5.41) is 9.99. The molecule has 1 N–H and O–H groups in total. The molecule has 45 heavy (non-hydrogen) atoms. The fourth-order valence-corrected chi connectivity index (χ4v) is 11.3. The third-order valence-electron chi connectivity index (χ3n) is 13.9. The highest BCUT2D eigenvalue weighted by Crippen LogP contribution is 2.74. The first kappa shape index (κ1) is 33.9. The zero-order chi connectivity index (χ0) is 33.5. The quantitative estimate of drug-likeness (QED) is 0.326. The summed E-state index contributed by atoms with van der Waals surface area (Å²) in [5.74, 6) is 0.720. The fraction of sp³-hybridized carbons (Fsp3) is 0.789. The van der Waals surface area contributed by atoms with E-state index < -0.39 is 22.5 Å². The molecule has 0 heterocycles. The van der Waals surface area contributed by atoms with E-state index in [0.29, 0.717) is 12.5 Å². The summed E-state index contributed by atoms with van der Waals surface area (Å²) in [6.07, 6.45) is 8.96. The van der Waals surface area contributed by atoms with Crippen molar-refractivity contribution in [2.45, 2.75) is 113 Å². The first-order valence-electron chi connectivity index (χ1n) is 17.2. The van der Waals surface area contributed by atoms with Gasteiger partial charge >= 0.3 is 6.09 Å². The van der Waals surface area contributed by atoms with Crippen LogP contribution < -0.4 is 0 Å². The molecule has 0 unspecified atom stereocenters. The molecule has 0 aromatic heterocycles. The van der Waals surface area contributed by atoms with Crippen LogP contribution in [0.1, 0.15) is 108 Å². The molecule has 3 fully saturated rings. The van der Waals surface area contributed by atoms with Gasteiger partial charge in [-0.05, 0) is 105 Å².